The van der Waals surface area contributed by atoms with Crippen molar-refractivity contribution >= 4 is 11.7 Å². The van der Waals surface area contributed by atoms with Gasteiger partial charge >= 0.3 is 0 Å². The Balaban J connectivity index is 2.07. The van der Waals surface area contributed by atoms with Crippen LogP contribution in [-0.4, -0.2) is 29.4 Å². The van der Waals surface area contributed by atoms with Crippen molar-refractivity contribution in [3.05, 3.63) is 47.7 Å². The van der Waals surface area contributed by atoms with Gasteiger partial charge in [-0.15, -0.1) is 0 Å². The first-order valence-corrected chi connectivity index (χ1v) is 7.34. The van der Waals surface area contributed by atoms with Crippen LogP contribution in [0.1, 0.15) is 25.0 Å². The van der Waals surface area contributed by atoms with E-state index in [0.29, 0.717) is 19.0 Å². The first-order chi connectivity index (χ1) is 10.4. The van der Waals surface area contributed by atoms with Crippen molar-refractivity contribution in [2.24, 2.45) is 0 Å². The molecule has 5 heteroatoms. The number of amides is 1. The number of methoxy groups -OCH3 is 1. The molecular formula is C17H23N3O2. The molecule has 2 rings (SSSR count). The molecule has 2 aromatic rings. The molecule has 22 heavy (non-hydrogen) atoms. The average Bonchev–Trinajstić information content (AvgIpc) is 2.93. The monoisotopic (exact) mass is 301 g/mol. The Morgan fingerprint density at radius 3 is 2.59 bits per heavy atom. The Labute approximate surface area is 131 Å². The largest absolute Gasteiger partial charge is 0.383 e. The maximum Gasteiger partial charge on any atom is 0.235 e. The van der Waals surface area contributed by atoms with Crippen LogP contribution in [0.25, 0.3) is 0 Å². The number of benzene rings is 1. The van der Waals surface area contributed by atoms with Gasteiger partial charge in [-0.2, -0.15) is 5.10 Å². The Morgan fingerprint density at radius 1 is 1.27 bits per heavy atom. The topological polar surface area (TPSA) is 56.1 Å². The molecule has 0 radical (unpaired) electrons. The van der Waals surface area contributed by atoms with E-state index >= 15 is 0 Å². The summed E-state index contributed by atoms with van der Waals surface area (Å²) >= 11 is 0. The summed E-state index contributed by atoms with van der Waals surface area (Å²) in [6.45, 7) is 7.10. The number of nitrogens with zero attached hydrogens (tertiary/aromatic N) is 2. The molecule has 1 N–H and O–H groups in total. The minimum atomic E-state index is -0.621. The second kappa shape index (κ2) is 6.75. The van der Waals surface area contributed by atoms with Crippen LogP contribution < -0.4 is 5.32 Å². The van der Waals surface area contributed by atoms with Crippen LogP contribution in [-0.2, 0) is 21.5 Å². The molecule has 0 aliphatic heterocycles. The van der Waals surface area contributed by atoms with Crippen LogP contribution in [0.2, 0.25) is 0 Å². The molecule has 1 heterocycles. The number of hydrogen-bond acceptors (Lipinski definition) is 3. The van der Waals surface area contributed by atoms with Crippen LogP contribution in [0.4, 0.5) is 5.82 Å². The first kappa shape index (κ1) is 16.2. The van der Waals surface area contributed by atoms with Gasteiger partial charge in [0.25, 0.3) is 0 Å². The Hall–Kier alpha value is -2.14. The van der Waals surface area contributed by atoms with Gasteiger partial charge < -0.3 is 10.1 Å². The lowest BCUT2D eigenvalue weighted by Crippen LogP contribution is -2.34. The van der Waals surface area contributed by atoms with Crippen LogP contribution in [0, 0.1) is 6.92 Å². The number of carbonyl (C=O) groups excluding carboxylic acids is 1. The summed E-state index contributed by atoms with van der Waals surface area (Å²) in [6, 6.07) is 9.81. The molecule has 0 atom stereocenters. The number of hydrogen-bond donors (Lipinski definition) is 1. The van der Waals surface area contributed by atoms with E-state index in [9.17, 15) is 4.79 Å². The van der Waals surface area contributed by atoms with Gasteiger partial charge in [0.15, 0.2) is 5.82 Å². The third-order valence-electron chi connectivity index (χ3n) is 3.75. The molecule has 0 fully saturated rings. The lowest BCUT2D eigenvalue weighted by molar-refractivity contribution is -0.120. The van der Waals surface area contributed by atoms with E-state index in [4.69, 9.17) is 4.74 Å². The zero-order valence-corrected chi connectivity index (χ0v) is 13.6. The van der Waals surface area contributed by atoms with Crippen LogP contribution in [0.5, 0.6) is 0 Å². The number of rotatable bonds is 6. The standard InChI is InChI=1S/C17H23N3O2/c1-13-5-7-14(8-6-13)17(2,3)16(21)18-15-9-10-20(19-15)11-12-22-4/h5-10H,11-12H2,1-4H3,(H,18,19,21). The van der Waals surface area contributed by atoms with E-state index in [1.54, 1.807) is 17.9 Å². The van der Waals surface area contributed by atoms with Gasteiger partial charge in [-0.25, -0.2) is 0 Å². The number of aromatic nitrogens is 2. The smallest absolute Gasteiger partial charge is 0.235 e. The minimum absolute atomic E-state index is 0.0756. The molecule has 0 aliphatic rings. The highest BCUT2D eigenvalue weighted by Gasteiger charge is 2.30. The molecule has 0 saturated carbocycles. The van der Waals surface area contributed by atoms with E-state index in [1.807, 2.05) is 51.2 Å². The van der Waals surface area contributed by atoms with Crippen LogP contribution in [0.15, 0.2) is 36.5 Å². The highest BCUT2D eigenvalue weighted by atomic mass is 16.5. The molecule has 0 saturated heterocycles. The van der Waals surface area contributed by atoms with Crippen LogP contribution in [0.3, 0.4) is 0 Å². The van der Waals surface area contributed by atoms with E-state index in [1.165, 1.54) is 5.56 Å². The van der Waals surface area contributed by atoms with Gasteiger partial charge in [0, 0.05) is 19.4 Å². The normalized spacial score (nSPS) is 11.5. The predicted molar refractivity (Wildman–Crippen MR) is 86.9 cm³/mol. The summed E-state index contributed by atoms with van der Waals surface area (Å²) in [6.07, 6.45) is 1.83. The summed E-state index contributed by atoms with van der Waals surface area (Å²) in [4.78, 5) is 12.6. The van der Waals surface area contributed by atoms with Gasteiger partial charge in [0.05, 0.1) is 18.6 Å². The fourth-order valence-electron chi connectivity index (χ4n) is 2.11. The fourth-order valence-corrected chi connectivity index (χ4v) is 2.11. The molecule has 1 amide bonds. The van der Waals surface area contributed by atoms with Crippen molar-refractivity contribution in [3.63, 3.8) is 0 Å². The van der Waals surface area contributed by atoms with Crippen molar-refractivity contribution in [1.82, 2.24) is 9.78 Å². The SMILES string of the molecule is COCCn1ccc(NC(=O)C(C)(C)c2ccc(C)cc2)n1. The minimum Gasteiger partial charge on any atom is -0.383 e. The molecular weight excluding hydrogens is 278 g/mol. The molecule has 0 spiro atoms. The van der Waals surface area contributed by atoms with Gasteiger partial charge in [0.1, 0.15) is 0 Å². The van der Waals surface area contributed by atoms with Gasteiger partial charge in [-0.05, 0) is 26.3 Å². The van der Waals surface area contributed by atoms with E-state index in [0.717, 1.165) is 5.56 Å². The van der Waals surface area contributed by atoms with Crippen LogP contribution >= 0.6 is 0 Å². The molecule has 0 bridgehead atoms. The number of ether oxygens (including phenoxy) is 1. The molecule has 0 unspecified atom stereocenters. The summed E-state index contributed by atoms with van der Waals surface area (Å²) in [5.41, 5.74) is 1.54. The quantitative estimate of drug-likeness (QED) is 0.892. The number of carbonyl (C=O) groups is 1. The summed E-state index contributed by atoms with van der Waals surface area (Å²) in [5.74, 6) is 0.481. The maximum atomic E-state index is 12.6. The van der Waals surface area contributed by atoms with Gasteiger partial charge in [-0.3, -0.25) is 9.48 Å². The van der Waals surface area contributed by atoms with Crippen molar-refractivity contribution in [2.45, 2.75) is 32.7 Å². The fraction of sp³-hybridized carbons (Fsp3) is 0.412. The summed E-state index contributed by atoms with van der Waals surface area (Å²) in [5, 5.41) is 7.19. The summed E-state index contributed by atoms with van der Waals surface area (Å²) in [7, 11) is 1.65. The highest BCUT2D eigenvalue weighted by Crippen LogP contribution is 2.25. The third-order valence-corrected chi connectivity index (χ3v) is 3.75. The van der Waals surface area contributed by atoms with Crippen molar-refractivity contribution in [3.8, 4) is 0 Å². The predicted octanol–water partition coefficient (Wildman–Crippen LogP) is 2.75. The van der Waals surface area contributed by atoms with E-state index < -0.39 is 5.41 Å². The molecule has 5 nitrogen and oxygen atoms in total. The lowest BCUT2D eigenvalue weighted by atomic mass is 9.83. The molecule has 0 aliphatic carbocycles. The average molecular weight is 301 g/mol. The molecule has 1 aromatic carbocycles. The number of anilines is 1. The lowest BCUT2D eigenvalue weighted by Gasteiger charge is -2.23. The summed E-state index contributed by atoms with van der Waals surface area (Å²) < 4.78 is 6.76. The zero-order valence-electron chi connectivity index (χ0n) is 13.6. The van der Waals surface area contributed by atoms with Crippen molar-refractivity contribution in [1.29, 1.82) is 0 Å². The third kappa shape index (κ3) is 3.74. The Bertz CT molecular complexity index is 630. The van der Waals surface area contributed by atoms with Crippen molar-refractivity contribution < 1.29 is 9.53 Å². The van der Waals surface area contributed by atoms with E-state index in [2.05, 4.69) is 10.4 Å². The molecule has 118 valence electrons. The van der Waals surface area contributed by atoms with Crippen molar-refractivity contribution in [2.75, 3.05) is 19.0 Å². The maximum absolute atomic E-state index is 12.6. The Kier molecular flexibility index (Phi) is 4.98. The number of nitrogens with one attached hydrogen (secondary N) is 1. The van der Waals surface area contributed by atoms with Gasteiger partial charge in [-0.1, -0.05) is 29.8 Å². The second-order valence-corrected chi connectivity index (χ2v) is 5.90. The highest BCUT2D eigenvalue weighted by molar-refractivity contribution is 5.97. The van der Waals surface area contributed by atoms with Gasteiger partial charge in [0.2, 0.25) is 5.91 Å². The Morgan fingerprint density at radius 2 is 1.95 bits per heavy atom. The van der Waals surface area contributed by atoms with E-state index in [-0.39, 0.29) is 5.91 Å². The zero-order chi connectivity index (χ0) is 16.2. The second-order valence-electron chi connectivity index (χ2n) is 5.90. The first-order valence-electron chi connectivity index (χ1n) is 7.34. The molecule has 1 aromatic heterocycles. The number of aryl methyl sites for hydroxylation is 1.